The van der Waals surface area contributed by atoms with Crippen molar-refractivity contribution < 1.29 is 19.1 Å². The first-order valence-corrected chi connectivity index (χ1v) is 7.32. The van der Waals surface area contributed by atoms with Gasteiger partial charge < -0.3 is 9.47 Å². The average Bonchev–Trinajstić information content (AvgIpc) is 2.97. The van der Waals surface area contributed by atoms with Crippen LogP contribution in [-0.2, 0) is 4.79 Å². The molecule has 0 aliphatic rings. The van der Waals surface area contributed by atoms with Crippen LogP contribution >= 0.6 is 11.3 Å². The number of methoxy groups -OCH3 is 1. The molecule has 0 radical (unpaired) electrons. The van der Waals surface area contributed by atoms with E-state index in [4.69, 9.17) is 9.47 Å². The van der Waals surface area contributed by atoms with Gasteiger partial charge in [-0.15, -0.1) is 11.3 Å². The second kappa shape index (κ2) is 7.46. The minimum Gasteiger partial charge on any atom is -0.497 e. The van der Waals surface area contributed by atoms with Gasteiger partial charge in [0, 0.05) is 4.88 Å². The van der Waals surface area contributed by atoms with E-state index in [-0.39, 0.29) is 12.5 Å². The number of hydrogen-bond acceptors (Lipinski definition) is 5. The monoisotopic (exact) mass is 320 g/mol. The van der Waals surface area contributed by atoms with Crippen molar-refractivity contribution in [3.63, 3.8) is 0 Å². The Balaban J connectivity index is 1.74. The zero-order chi connectivity index (χ0) is 15.9. The van der Waals surface area contributed by atoms with Crippen molar-refractivity contribution in [1.82, 2.24) is 10.9 Å². The maximum absolute atomic E-state index is 11.7. The molecule has 0 saturated carbocycles. The minimum absolute atomic E-state index is 0.198. The molecule has 1 aromatic carbocycles. The van der Waals surface area contributed by atoms with Crippen LogP contribution in [0, 0.1) is 6.92 Å². The predicted octanol–water partition coefficient (Wildman–Crippen LogP) is 1.91. The molecule has 0 aliphatic carbocycles. The lowest BCUT2D eigenvalue weighted by Crippen LogP contribution is -2.43. The molecule has 0 spiro atoms. The highest BCUT2D eigenvalue weighted by atomic mass is 32.1. The Hall–Kier alpha value is -2.54. The first-order chi connectivity index (χ1) is 10.6. The highest BCUT2D eigenvalue weighted by molar-refractivity contribution is 7.13. The Morgan fingerprint density at radius 2 is 1.73 bits per heavy atom. The van der Waals surface area contributed by atoms with Gasteiger partial charge in [0.15, 0.2) is 6.61 Å². The first-order valence-electron chi connectivity index (χ1n) is 6.51. The van der Waals surface area contributed by atoms with E-state index in [1.165, 1.54) is 11.3 Å². The fourth-order valence-corrected chi connectivity index (χ4v) is 2.36. The number of thiophene rings is 1. The number of carbonyl (C=O) groups excluding carboxylic acids is 2. The van der Waals surface area contributed by atoms with Gasteiger partial charge in [-0.05, 0) is 43.3 Å². The van der Waals surface area contributed by atoms with E-state index >= 15 is 0 Å². The van der Waals surface area contributed by atoms with Crippen LogP contribution in [0.25, 0.3) is 0 Å². The van der Waals surface area contributed by atoms with Gasteiger partial charge in [0.2, 0.25) is 0 Å². The number of ether oxygens (including phenoxy) is 2. The van der Waals surface area contributed by atoms with Gasteiger partial charge in [0.1, 0.15) is 11.5 Å². The van der Waals surface area contributed by atoms with Crippen molar-refractivity contribution in [2.75, 3.05) is 13.7 Å². The molecule has 22 heavy (non-hydrogen) atoms. The summed E-state index contributed by atoms with van der Waals surface area (Å²) in [6.45, 7) is 1.71. The van der Waals surface area contributed by atoms with E-state index in [9.17, 15) is 9.59 Å². The summed E-state index contributed by atoms with van der Waals surface area (Å²) in [5.74, 6) is 0.444. The second-order valence-electron chi connectivity index (χ2n) is 4.38. The van der Waals surface area contributed by atoms with E-state index in [0.717, 1.165) is 4.88 Å². The Bertz CT molecular complexity index is 652. The largest absolute Gasteiger partial charge is 0.497 e. The molecule has 2 amide bonds. The molecule has 1 heterocycles. The smallest absolute Gasteiger partial charge is 0.279 e. The molecular formula is C15H16N2O4S. The third-order valence-corrected chi connectivity index (χ3v) is 3.71. The number of nitrogens with one attached hydrogen (secondary N) is 2. The van der Waals surface area contributed by atoms with Crippen LogP contribution in [0.3, 0.4) is 0 Å². The molecule has 0 unspecified atom stereocenters. The van der Waals surface area contributed by atoms with Gasteiger partial charge in [0.05, 0.1) is 12.0 Å². The molecule has 0 fully saturated rings. The van der Waals surface area contributed by atoms with Crippen LogP contribution in [0.5, 0.6) is 11.5 Å². The maximum atomic E-state index is 11.7. The number of hydrazine groups is 1. The highest BCUT2D eigenvalue weighted by Gasteiger charge is 2.09. The van der Waals surface area contributed by atoms with E-state index in [2.05, 4.69) is 10.9 Å². The van der Waals surface area contributed by atoms with Gasteiger partial charge in [-0.3, -0.25) is 20.4 Å². The number of hydrogen-bond donors (Lipinski definition) is 2. The van der Waals surface area contributed by atoms with E-state index in [0.29, 0.717) is 16.4 Å². The Morgan fingerprint density at radius 1 is 1.05 bits per heavy atom. The standard InChI is InChI=1S/C15H16N2O4S/c1-10-3-8-13(22-10)15(19)17-16-14(18)9-21-12-6-4-11(20-2)5-7-12/h3-8H,9H2,1-2H3,(H,16,18)(H,17,19). The Labute approximate surface area is 132 Å². The summed E-state index contributed by atoms with van der Waals surface area (Å²) in [5, 5.41) is 0. The lowest BCUT2D eigenvalue weighted by molar-refractivity contribution is -0.123. The van der Waals surface area contributed by atoms with E-state index in [1.54, 1.807) is 37.4 Å². The summed E-state index contributed by atoms with van der Waals surface area (Å²) in [4.78, 5) is 24.9. The molecule has 0 bridgehead atoms. The molecule has 2 aromatic rings. The van der Waals surface area contributed by atoms with Crippen molar-refractivity contribution in [2.24, 2.45) is 0 Å². The molecule has 116 valence electrons. The molecule has 7 heteroatoms. The van der Waals surface area contributed by atoms with Crippen molar-refractivity contribution >= 4 is 23.2 Å². The molecular weight excluding hydrogens is 304 g/mol. The van der Waals surface area contributed by atoms with Gasteiger partial charge in [0.25, 0.3) is 11.8 Å². The van der Waals surface area contributed by atoms with Crippen LogP contribution in [0.1, 0.15) is 14.5 Å². The van der Waals surface area contributed by atoms with Crippen molar-refractivity contribution in [1.29, 1.82) is 0 Å². The van der Waals surface area contributed by atoms with E-state index < -0.39 is 5.91 Å². The molecule has 2 N–H and O–H groups in total. The number of carbonyl (C=O) groups is 2. The lowest BCUT2D eigenvalue weighted by Gasteiger charge is -2.08. The third-order valence-electron chi connectivity index (χ3n) is 2.71. The normalized spacial score (nSPS) is 9.91. The van der Waals surface area contributed by atoms with Crippen LogP contribution < -0.4 is 20.3 Å². The van der Waals surface area contributed by atoms with Crippen LogP contribution in [0.2, 0.25) is 0 Å². The number of benzene rings is 1. The predicted molar refractivity (Wildman–Crippen MR) is 83.2 cm³/mol. The molecule has 0 atom stereocenters. The van der Waals surface area contributed by atoms with E-state index in [1.807, 2.05) is 13.0 Å². The highest BCUT2D eigenvalue weighted by Crippen LogP contribution is 2.16. The summed E-state index contributed by atoms with van der Waals surface area (Å²) in [6.07, 6.45) is 0. The number of rotatable bonds is 5. The van der Waals surface area contributed by atoms with Crippen molar-refractivity contribution in [3.05, 3.63) is 46.2 Å². The average molecular weight is 320 g/mol. The molecule has 6 nitrogen and oxygen atoms in total. The summed E-state index contributed by atoms with van der Waals surface area (Å²) in [7, 11) is 1.57. The summed E-state index contributed by atoms with van der Waals surface area (Å²) >= 11 is 1.35. The SMILES string of the molecule is COc1ccc(OCC(=O)NNC(=O)c2ccc(C)s2)cc1. The third kappa shape index (κ3) is 4.49. The zero-order valence-corrected chi connectivity index (χ0v) is 13.0. The summed E-state index contributed by atoms with van der Waals surface area (Å²) in [5.41, 5.74) is 4.64. The maximum Gasteiger partial charge on any atom is 0.279 e. The zero-order valence-electron chi connectivity index (χ0n) is 12.2. The van der Waals surface area contributed by atoms with Gasteiger partial charge in [-0.25, -0.2) is 0 Å². The van der Waals surface area contributed by atoms with Gasteiger partial charge in [-0.1, -0.05) is 0 Å². The molecule has 0 saturated heterocycles. The number of aryl methyl sites for hydroxylation is 1. The second-order valence-corrected chi connectivity index (χ2v) is 5.66. The quantitative estimate of drug-likeness (QED) is 0.825. The Morgan fingerprint density at radius 3 is 2.32 bits per heavy atom. The fourth-order valence-electron chi connectivity index (χ4n) is 1.60. The Kier molecular flexibility index (Phi) is 5.37. The fraction of sp³-hybridized carbons (Fsp3) is 0.200. The van der Waals surface area contributed by atoms with Crippen molar-refractivity contribution in [3.8, 4) is 11.5 Å². The van der Waals surface area contributed by atoms with Crippen LogP contribution in [0.4, 0.5) is 0 Å². The first kappa shape index (κ1) is 15.8. The van der Waals surface area contributed by atoms with Gasteiger partial charge >= 0.3 is 0 Å². The topological polar surface area (TPSA) is 76.7 Å². The van der Waals surface area contributed by atoms with Gasteiger partial charge in [-0.2, -0.15) is 0 Å². The van der Waals surface area contributed by atoms with Crippen molar-refractivity contribution in [2.45, 2.75) is 6.92 Å². The lowest BCUT2D eigenvalue weighted by atomic mass is 10.3. The minimum atomic E-state index is -0.447. The molecule has 0 aliphatic heterocycles. The van der Waals surface area contributed by atoms with Crippen LogP contribution in [-0.4, -0.2) is 25.5 Å². The van der Waals surface area contributed by atoms with Crippen LogP contribution in [0.15, 0.2) is 36.4 Å². The molecule has 1 aromatic heterocycles. The molecule has 2 rings (SSSR count). The summed E-state index contributed by atoms with van der Waals surface area (Å²) in [6, 6.07) is 10.4. The number of amides is 2. The summed E-state index contributed by atoms with van der Waals surface area (Å²) < 4.78 is 10.3.